The van der Waals surface area contributed by atoms with Gasteiger partial charge in [-0.3, -0.25) is 0 Å². The van der Waals surface area contributed by atoms with Crippen LogP contribution in [0.5, 0.6) is 0 Å². The standard InChI is InChI=1S/C7H9ClN2S/c8-5-3-11-6(10-5)7(4-9)1-2-7/h3H,1-2,4,9H2. The van der Waals surface area contributed by atoms with Crippen LogP contribution >= 0.6 is 22.9 Å². The van der Waals surface area contributed by atoms with Crippen LogP contribution in [0.4, 0.5) is 0 Å². The average molecular weight is 189 g/mol. The van der Waals surface area contributed by atoms with Crippen LogP contribution < -0.4 is 5.73 Å². The quantitative estimate of drug-likeness (QED) is 0.769. The zero-order chi connectivity index (χ0) is 7.90. The number of aromatic nitrogens is 1. The summed E-state index contributed by atoms with van der Waals surface area (Å²) in [5, 5.41) is 3.59. The van der Waals surface area contributed by atoms with Gasteiger partial charge in [0.2, 0.25) is 0 Å². The van der Waals surface area contributed by atoms with Crippen molar-refractivity contribution in [1.82, 2.24) is 4.98 Å². The van der Waals surface area contributed by atoms with E-state index in [0.29, 0.717) is 11.7 Å². The molecule has 4 heteroatoms. The first-order valence-corrected chi connectivity index (χ1v) is 4.84. The Kier molecular flexibility index (Phi) is 1.67. The van der Waals surface area contributed by atoms with Crippen LogP contribution in [0.15, 0.2) is 5.38 Å². The molecule has 0 spiro atoms. The van der Waals surface area contributed by atoms with Gasteiger partial charge in [-0.1, -0.05) is 11.6 Å². The summed E-state index contributed by atoms with van der Waals surface area (Å²) in [5.74, 6) is 0. The Morgan fingerprint density at radius 3 is 2.82 bits per heavy atom. The topological polar surface area (TPSA) is 38.9 Å². The molecule has 2 rings (SSSR count). The molecular formula is C7H9ClN2S. The first kappa shape index (κ1) is 7.53. The van der Waals surface area contributed by atoms with E-state index in [9.17, 15) is 0 Å². The van der Waals surface area contributed by atoms with Crippen molar-refractivity contribution in [2.24, 2.45) is 5.73 Å². The molecule has 60 valence electrons. The van der Waals surface area contributed by atoms with Gasteiger partial charge in [-0.05, 0) is 12.8 Å². The fraction of sp³-hybridized carbons (Fsp3) is 0.571. The smallest absolute Gasteiger partial charge is 0.140 e. The van der Waals surface area contributed by atoms with E-state index >= 15 is 0 Å². The van der Waals surface area contributed by atoms with E-state index < -0.39 is 0 Å². The molecule has 0 saturated heterocycles. The third kappa shape index (κ3) is 1.17. The zero-order valence-electron chi connectivity index (χ0n) is 6.01. The summed E-state index contributed by atoms with van der Waals surface area (Å²) in [4.78, 5) is 4.22. The van der Waals surface area contributed by atoms with Gasteiger partial charge in [0.25, 0.3) is 0 Å². The first-order chi connectivity index (χ1) is 5.27. The lowest BCUT2D eigenvalue weighted by molar-refractivity contribution is 0.698. The molecule has 1 aliphatic rings. The summed E-state index contributed by atoms with van der Waals surface area (Å²) < 4.78 is 0. The highest BCUT2D eigenvalue weighted by atomic mass is 35.5. The lowest BCUT2D eigenvalue weighted by atomic mass is 10.1. The molecule has 1 aliphatic carbocycles. The molecule has 2 N–H and O–H groups in total. The molecule has 11 heavy (non-hydrogen) atoms. The summed E-state index contributed by atoms with van der Waals surface area (Å²) in [6.07, 6.45) is 2.35. The largest absolute Gasteiger partial charge is 0.329 e. The number of hydrogen-bond donors (Lipinski definition) is 1. The maximum absolute atomic E-state index is 5.71. The molecule has 0 unspecified atom stereocenters. The van der Waals surface area contributed by atoms with Gasteiger partial charge >= 0.3 is 0 Å². The predicted molar refractivity (Wildman–Crippen MR) is 47.1 cm³/mol. The van der Waals surface area contributed by atoms with Crippen molar-refractivity contribution >= 4 is 22.9 Å². The highest BCUT2D eigenvalue weighted by molar-refractivity contribution is 7.10. The SMILES string of the molecule is NCC1(c2nc(Cl)cs2)CC1. The molecule has 1 heterocycles. The maximum atomic E-state index is 5.71. The highest BCUT2D eigenvalue weighted by Gasteiger charge is 2.45. The van der Waals surface area contributed by atoms with Crippen molar-refractivity contribution in [3.05, 3.63) is 15.5 Å². The van der Waals surface area contributed by atoms with Crippen LogP contribution in [0.25, 0.3) is 0 Å². The third-order valence-corrected chi connectivity index (χ3v) is 3.59. The monoisotopic (exact) mass is 188 g/mol. The Morgan fingerprint density at radius 1 is 1.73 bits per heavy atom. The second-order valence-electron chi connectivity index (χ2n) is 2.96. The minimum Gasteiger partial charge on any atom is -0.329 e. The molecule has 1 fully saturated rings. The van der Waals surface area contributed by atoms with Gasteiger partial charge in [0.1, 0.15) is 10.2 Å². The average Bonchev–Trinajstić information content (AvgIpc) is 2.70. The summed E-state index contributed by atoms with van der Waals surface area (Å²) in [6.45, 7) is 0.705. The Balaban J connectivity index is 2.29. The van der Waals surface area contributed by atoms with Crippen molar-refractivity contribution in [1.29, 1.82) is 0 Å². The molecule has 1 aromatic rings. The van der Waals surface area contributed by atoms with E-state index in [4.69, 9.17) is 17.3 Å². The zero-order valence-corrected chi connectivity index (χ0v) is 7.58. The molecule has 0 bridgehead atoms. The van der Waals surface area contributed by atoms with Crippen molar-refractivity contribution in [3.63, 3.8) is 0 Å². The number of halogens is 1. The number of thiazole rings is 1. The fourth-order valence-corrected chi connectivity index (χ4v) is 2.37. The molecule has 0 radical (unpaired) electrons. The first-order valence-electron chi connectivity index (χ1n) is 3.58. The van der Waals surface area contributed by atoms with Crippen LogP contribution in [0.1, 0.15) is 17.8 Å². The normalized spacial score (nSPS) is 20.2. The number of nitrogens with zero attached hydrogens (tertiary/aromatic N) is 1. The van der Waals surface area contributed by atoms with Gasteiger partial charge in [-0.15, -0.1) is 11.3 Å². The van der Waals surface area contributed by atoms with Gasteiger partial charge in [-0.2, -0.15) is 0 Å². The van der Waals surface area contributed by atoms with Crippen molar-refractivity contribution in [2.45, 2.75) is 18.3 Å². The highest BCUT2D eigenvalue weighted by Crippen LogP contribution is 2.48. The molecule has 0 aliphatic heterocycles. The van der Waals surface area contributed by atoms with Crippen LogP contribution in [0, 0.1) is 0 Å². The molecule has 0 amide bonds. The van der Waals surface area contributed by atoms with Gasteiger partial charge in [0.15, 0.2) is 0 Å². The van der Waals surface area contributed by atoms with E-state index in [1.807, 2.05) is 5.38 Å². The summed E-state index contributed by atoms with van der Waals surface area (Å²) in [5.41, 5.74) is 5.84. The Morgan fingerprint density at radius 2 is 2.45 bits per heavy atom. The van der Waals surface area contributed by atoms with Crippen molar-refractivity contribution in [2.75, 3.05) is 6.54 Å². The van der Waals surface area contributed by atoms with E-state index in [-0.39, 0.29) is 5.41 Å². The molecule has 2 nitrogen and oxygen atoms in total. The molecule has 1 saturated carbocycles. The summed E-state index contributed by atoms with van der Waals surface area (Å²) >= 11 is 7.33. The molecule has 0 aromatic carbocycles. The van der Waals surface area contributed by atoms with Crippen molar-refractivity contribution < 1.29 is 0 Å². The van der Waals surface area contributed by atoms with E-state index in [1.165, 1.54) is 12.8 Å². The van der Waals surface area contributed by atoms with Gasteiger partial charge < -0.3 is 5.73 Å². The second kappa shape index (κ2) is 2.44. The van der Waals surface area contributed by atoms with Crippen LogP contribution in [0.3, 0.4) is 0 Å². The van der Waals surface area contributed by atoms with E-state index in [1.54, 1.807) is 11.3 Å². The second-order valence-corrected chi connectivity index (χ2v) is 4.21. The minimum absolute atomic E-state index is 0.206. The Hall–Kier alpha value is -0.120. The number of nitrogens with two attached hydrogens (primary N) is 1. The molecular weight excluding hydrogens is 180 g/mol. The Bertz CT molecular complexity index is 267. The molecule has 0 atom stereocenters. The lowest BCUT2D eigenvalue weighted by Crippen LogP contribution is -2.19. The molecule has 1 aromatic heterocycles. The predicted octanol–water partition coefficient (Wildman–Crippen LogP) is 1.79. The number of hydrogen-bond acceptors (Lipinski definition) is 3. The van der Waals surface area contributed by atoms with Gasteiger partial charge in [0.05, 0.1) is 0 Å². The fourth-order valence-electron chi connectivity index (χ4n) is 1.15. The Labute approximate surface area is 74.4 Å². The van der Waals surface area contributed by atoms with Crippen LogP contribution in [-0.2, 0) is 5.41 Å². The minimum atomic E-state index is 0.206. The third-order valence-electron chi connectivity index (χ3n) is 2.17. The van der Waals surface area contributed by atoms with Gasteiger partial charge in [-0.25, -0.2) is 4.98 Å². The maximum Gasteiger partial charge on any atom is 0.140 e. The number of rotatable bonds is 2. The van der Waals surface area contributed by atoms with Crippen LogP contribution in [-0.4, -0.2) is 11.5 Å². The summed E-state index contributed by atoms with van der Waals surface area (Å²) in [7, 11) is 0. The summed E-state index contributed by atoms with van der Waals surface area (Å²) in [6, 6.07) is 0. The van der Waals surface area contributed by atoms with Crippen molar-refractivity contribution in [3.8, 4) is 0 Å². The van der Waals surface area contributed by atoms with Gasteiger partial charge in [0, 0.05) is 17.3 Å². The lowest BCUT2D eigenvalue weighted by Gasteiger charge is -2.05. The van der Waals surface area contributed by atoms with E-state index in [2.05, 4.69) is 4.98 Å². The van der Waals surface area contributed by atoms with Crippen LogP contribution in [0.2, 0.25) is 5.15 Å². The van der Waals surface area contributed by atoms with E-state index in [0.717, 1.165) is 5.01 Å².